The molecule has 0 aliphatic heterocycles. The standard InChI is InChI=1S/C48H52S9Si4/c1-58(2,3)42-21-17-33(52-42)30-27-40(56-47(30)38-19-23-44(54-38)60(7,8)9)35-14-13-32(50-35)29-25-26-49-46(29)37-16-15-36(51-37)41-28-31(34-18-22-43(53-34)59(4,5)6)48(57-41)39-20-24-45(55-39)61(10,11)12/h13-28H,1-12H3. The summed E-state index contributed by atoms with van der Waals surface area (Å²) < 4.78 is 6.31. The lowest BCUT2D eigenvalue weighted by Gasteiger charge is -2.12. The fraction of sp³-hybridized carbons (Fsp3) is 0.250. The molecule has 0 radical (unpaired) electrons. The van der Waals surface area contributed by atoms with Crippen LogP contribution in [0.3, 0.4) is 0 Å². The summed E-state index contributed by atoms with van der Waals surface area (Å²) in [7, 11) is -5.60. The molecule has 314 valence electrons. The third-order valence-electron chi connectivity index (χ3n) is 10.7. The lowest BCUT2D eigenvalue weighted by molar-refractivity contribution is 1.78. The van der Waals surface area contributed by atoms with E-state index >= 15 is 0 Å². The molecule has 0 unspecified atom stereocenters. The van der Waals surface area contributed by atoms with Crippen LogP contribution in [-0.2, 0) is 0 Å². The van der Waals surface area contributed by atoms with Crippen molar-refractivity contribution in [2.24, 2.45) is 0 Å². The molecule has 9 rings (SSSR count). The van der Waals surface area contributed by atoms with Gasteiger partial charge >= 0.3 is 0 Å². The fourth-order valence-corrected chi connectivity index (χ4v) is 24.8. The maximum absolute atomic E-state index is 2.50. The first-order valence-corrected chi connectivity index (χ1v) is 42.1. The van der Waals surface area contributed by atoms with Gasteiger partial charge < -0.3 is 0 Å². The van der Waals surface area contributed by atoms with Gasteiger partial charge in [0.2, 0.25) is 0 Å². The van der Waals surface area contributed by atoms with E-state index in [4.69, 9.17) is 0 Å². The summed E-state index contributed by atoms with van der Waals surface area (Å²) in [5, 5.41) is 2.28. The molecule has 0 aliphatic rings. The van der Waals surface area contributed by atoms with Gasteiger partial charge in [-0.15, -0.1) is 102 Å². The normalized spacial score (nSPS) is 12.9. The van der Waals surface area contributed by atoms with Crippen LogP contribution in [0, 0.1) is 0 Å². The van der Waals surface area contributed by atoms with Crippen molar-refractivity contribution < 1.29 is 0 Å². The number of hydrogen-bond acceptors (Lipinski definition) is 9. The van der Waals surface area contributed by atoms with Gasteiger partial charge in [0.05, 0.1) is 46.9 Å². The summed E-state index contributed by atoms with van der Waals surface area (Å²) in [5.74, 6) is 0. The molecule has 9 heterocycles. The molecule has 0 nitrogen and oxygen atoms in total. The molecular weight excluding hydrogens is 977 g/mol. The maximum atomic E-state index is 2.50. The molecule has 0 aromatic carbocycles. The van der Waals surface area contributed by atoms with Crippen LogP contribution in [0.2, 0.25) is 78.6 Å². The minimum absolute atomic E-state index is 1.35. The van der Waals surface area contributed by atoms with Gasteiger partial charge in [-0.2, -0.15) is 0 Å². The van der Waals surface area contributed by atoms with Crippen molar-refractivity contribution in [1.82, 2.24) is 0 Å². The Morgan fingerprint density at radius 3 is 0.984 bits per heavy atom. The highest BCUT2D eigenvalue weighted by atomic mass is 32.1. The highest BCUT2D eigenvalue weighted by molar-refractivity contribution is 7.35. The molecule has 0 spiro atoms. The van der Waals surface area contributed by atoms with Gasteiger partial charge in [-0.25, -0.2) is 0 Å². The molecule has 9 aromatic heterocycles. The van der Waals surface area contributed by atoms with Crippen LogP contribution in [0.5, 0.6) is 0 Å². The Bertz CT molecular complexity index is 2650. The molecule has 13 heteroatoms. The lowest BCUT2D eigenvalue weighted by atomic mass is 10.1. The smallest absolute Gasteiger partial charge is 0.0904 e. The van der Waals surface area contributed by atoms with Crippen LogP contribution >= 0.6 is 102 Å². The van der Waals surface area contributed by atoms with E-state index < -0.39 is 32.3 Å². The van der Waals surface area contributed by atoms with E-state index in [1.54, 1.807) is 18.0 Å². The molecule has 0 fully saturated rings. The van der Waals surface area contributed by atoms with E-state index in [9.17, 15) is 0 Å². The van der Waals surface area contributed by atoms with Crippen LogP contribution in [-0.4, -0.2) is 32.3 Å². The Labute approximate surface area is 403 Å². The molecule has 0 aliphatic carbocycles. The Kier molecular flexibility index (Phi) is 12.0. The van der Waals surface area contributed by atoms with Crippen LogP contribution in [0.4, 0.5) is 0 Å². The largest absolute Gasteiger partial charge is 0.145 e. The number of rotatable bonds is 12. The third-order valence-corrected chi connectivity index (χ3v) is 35.8. The van der Waals surface area contributed by atoms with Crippen molar-refractivity contribution in [2.45, 2.75) is 78.6 Å². The maximum Gasteiger partial charge on any atom is 0.0904 e. The van der Waals surface area contributed by atoms with E-state index in [0.717, 1.165) is 0 Å². The van der Waals surface area contributed by atoms with Crippen molar-refractivity contribution in [2.75, 3.05) is 0 Å². The first kappa shape index (κ1) is 44.4. The molecule has 0 saturated heterocycles. The summed E-state index contributed by atoms with van der Waals surface area (Å²) in [6.07, 6.45) is 0. The molecule has 61 heavy (non-hydrogen) atoms. The van der Waals surface area contributed by atoms with E-state index in [1.165, 1.54) is 80.1 Å². The molecule has 0 amide bonds. The predicted molar refractivity (Wildman–Crippen MR) is 303 cm³/mol. The van der Waals surface area contributed by atoms with Crippen molar-refractivity contribution >= 4 is 152 Å². The van der Waals surface area contributed by atoms with E-state index in [1.807, 2.05) is 102 Å². The van der Waals surface area contributed by atoms with Crippen LogP contribution < -0.4 is 18.0 Å². The molecule has 9 aromatic rings. The predicted octanol–water partition coefficient (Wildman–Crippen LogP) is 17.8. The summed E-state index contributed by atoms with van der Waals surface area (Å²) in [5.41, 5.74) is 4.16. The van der Waals surface area contributed by atoms with Gasteiger partial charge in [0.1, 0.15) is 0 Å². The molecule has 0 N–H and O–H groups in total. The topological polar surface area (TPSA) is 0 Å². The minimum Gasteiger partial charge on any atom is -0.145 e. The number of hydrogen-bond donors (Lipinski definition) is 0. The quantitative estimate of drug-likeness (QED) is 0.107. The second-order valence-corrected chi connectivity index (χ2v) is 51.0. The molecular formula is C48H52S9Si4. The summed E-state index contributed by atoms with van der Waals surface area (Å²) in [6.45, 7) is 29.6. The first-order valence-electron chi connectivity index (χ1n) is 20.7. The van der Waals surface area contributed by atoms with Gasteiger partial charge in [-0.1, -0.05) is 103 Å². The van der Waals surface area contributed by atoms with Gasteiger partial charge in [-0.3, -0.25) is 0 Å². The summed E-state index contributed by atoms with van der Waals surface area (Å²) in [6, 6.07) is 36.0. The van der Waals surface area contributed by atoms with Crippen LogP contribution in [0.25, 0.3) is 80.1 Å². The zero-order valence-electron chi connectivity index (χ0n) is 36.9. The average molecular weight is 1030 g/mol. The lowest BCUT2D eigenvalue weighted by Crippen LogP contribution is -2.34. The Hall–Kier alpha value is -1.83. The highest BCUT2D eigenvalue weighted by Gasteiger charge is 2.27. The van der Waals surface area contributed by atoms with Crippen molar-refractivity contribution in [3.63, 3.8) is 0 Å². The van der Waals surface area contributed by atoms with Crippen LogP contribution in [0.15, 0.2) is 96.4 Å². The van der Waals surface area contributed by atoms with E-state index in [2.05, 4.69) is 175 Å². The summed E-state index contributed by atoms with van der Waals surface area (Å²) >= 11 is 17.8. The van der Waals surface area contributed by atoms with E-state index in [0.29, 0.717) is 0 Å². The number of thiophene rings is 9. The fourth-order valence-electron chi connectivity index (χ4n) is 7.16. The van der Waals surface area contributed by atoms with Crippen molar-refractivity contribution in [1.29, 1.82) is 0 Å². The zero-order chi connectivity index (χ0) is 43.2. The van der Waals surface area contributed by atoms with Crippen LogP contribution in [0.1, 0.15) is 0 Å². The van der Waals surface area contributed by atoms with Gasteiger partial charge in [0, 0.05) is 65.5 Å². The Balaban J connectivity index is 1.05. The molecule has 0 bridgehead atoms. The second-order valence-electron chi connectivity index (χ2n) is 19.9. The van der Waals surface area contributed by atoms with Crippen molar-refractivity contribution in [3.05, 3.63) is 96.4 Å². The monoisotopic (exact) mass is 1030 g/mol. The highest BCUT2D eigenvalue weighted by Crippen LogP contribution is 2.52. The van der Waals surface area contributed by atoms with Gasteiger partial charge in [0.15, 0.2) is 0 Å². The second kappa shape index (κ2) is 16.6. The minimum atomic E-state index is -1.40. The Morgan fingerprint density at radius 1 is 0.262 bits per heavy atom. The van der Waals surface area contributed by atoms with E-state index in [-0.39, 0.29) is 0 Å². The SMILES string of the molecule is C[Si](C)(C)c1ccc(-c2cc(-c3ccc(-c4ccsc4-c4ccc(-c5cc(-c6ccc([Si](C)(C)C)s6)c(-c6ccc([Si](C)(C)C)s6)s5)s4)s3)sc2-c2ccc([Si](C)(C)C)s2)s1. The third kappa shape index (κ3) is 9.08. The Morgan fingerprint density at radius 2 is 0.574 bits per heavy atom. The van der Waals surface area contributed by atoms with Gasteiger partial charge in [-0.05, 0) is 90.1 Å². The van der Waals surface area contributed by atoms with Crippen molar-refractivity contribution in [3.8, 4) is 80.1 Å². The average Bonchev–Trinajstić information content (AvgIpc) is 4.04. The summed E-state index contributed by atoms with van der Waals surface area (Å²) in [4.78, 5) is 18.0. The molecule has 0 atom stereocenters. The zero-order valence-corrected chi connectivity index (χ0v) is 48.3. The molecule has 0 saturated carbocycles. The van der Waals surface area contributed by atoms with Gasteiger partial charge in [0.25, 0.3) is 0 Å². The first-order chi connectivity index (χ1) is 28.7.